The highest BCUT2D eigenvalue weighted by Gasteiger charge is 2.48. The number of aromatic nitrogens is 8. The lowest BCUT2D eigenvalue weighted by molar-refractivity contribution is -0.389. The Labute approximate surface area is 834 Å². The molecule has 8 heterocycles. The summed E-state index contributed by atoms with van der Waals surface area (Å²) in [7, 11) is 10.4. The highest BCUT2D eigenvalue weighted by Crippen LogP contribution is 2.53. The molecule has 4 unspecified atom stereocenters. The third-order valence-corrected chi connectivity index (χ3v) is 23.4. The molecule has 0 aliphatic carbocycles. The molecule has 0 saturated heterocycles. The monoisotopic (exact) mass is 2060 g/mol. The van der Waals surface area contributed by atoms with E-state index in [0.717, 1.165) is 115 Å². The van der Waals surface area contributed by atoms with Gasteiger partial charge in [0, 0.05) is 97.2 Å². The van der Waals surface area contributed by atoms with E-state index in [-0.39, 0.29) is 44.8 Å². The fourth-order valence-corrected chi connectivity index (χ4v) is 17.2. The van der Waals surface area contributed by atoms with Crippen molar-refractivity contribution in [3.8, 4) is 90.3 Å². The minimum Gasteiger partial charge on any atom is -0.493 e. The average molecular weight is 2060 g/mol. The molecule has 0 saturated carbocycles. The van der Waals surface area contributed by atoms with E-state index in [1.165, 1.54) is 46.0 Å². The van der Waals surface area contributed by atoms with Gasteiger partial charge in [-0.1, -0.05) is 24.3 Å². The van der Waals surface area contributed by atoms with Gasteiger partial charge in [0.1, 0.15) is 34.6 Å². The summed E-state index contributed by atoms with van der Waals surface area (Å²) >= 11 is 0. The Bertz CT molecular complexity index is 6900. The van der Waals surface area contributed by atoms with E-state index in [2.05, 4.69) is 25.1 Å². The van der Waals surface area contributed by atoms with E-state index < -0.39 is 150 Å². The molecule has 4 aliphatic heterocycles. The molecule has 0 spiro atoms. The first-order valence-electron chi connectivity index (χ1n) is 46.0. The molecule has 4 aromatic heterocycles. The molecule has 16 rings (SSSR count). The topological polar surface area (TPSA) is 365 Å². The highest BCUT2D eigenvalue weighted by atomic mass is 19.4. The fourth-order valence-electron chi connectivity index (χ4n) is 17.2. The summed E-state index contributed by atoms with van der Waals surface area (Å²) in [5.74, 6) is -2.04. The predicted molar refractivity (Wildman–Crippen MR) is 513 cm³/mol. The third-order valence-electron chi connectivity index (χ3n) is 23.4. The van der Waals surface area contributed by atoms with E-state index in [4.69, 9.17) is 42.6 Å². The van der Waals surface area contributed by atoms with Gasteiger partial charge in [-0.25, -0.2) is 28.5 Å². The second kappa shape index (κ2) is 43.8. The normalized spacial score (nSPS) is 14.4. The van der Waals surface area contributed by atoms with Crippen LogP contribution in [0.2, 0.25) is 0 Å². The van der Waals surface area contributed by atoms with Gasteiger partial charge in [0.15, 0.2) is 24.4 Å². The Morgan fingerprint density at radius 2 is 0.619 bits per heavy atom. The van der Waals surface area contributed by atoms with Crippen LogP contribution >= 0.6 is 0 Å². The lowest BCUT2D eigenvalue weighted by Gasteiger charge is -2.30. The van der Waals surface area contributed by atoms with Crippen LogP contribution in [0.15, 0.2) is 170 Å². The number of nitrogens with zero attached hydrogens (tertiary/aromatic N) is 12. The molecule has 0 amide bonds. The van der Waals surface area contributed by atoms with Crippen LogP contribution in [0.3, 0.4) is 0 Å². The van der Waals surface area contributed by atoms with Crippen molar-refractivity contribution >= 4 is 47.1 Å². The molecule has 4 atom stereocenters. The van der Waals surface area contributed by atoms with Crippen LogP contribution in [0.25, 0.3) is 67.3 Å². The van der Waals surface area contributed by atoms with E-state index in [9.17, 15) is 102 Å². The largest absolute Gasteiger partial charge is 0.493 e. The van der Waals surface area contributed by atoms with Crippen LogP contribution < -0.4 is 28.7 Å². The number of carboxylic acids is 1. The Kier molecular flexibility index (Phi) is 32.6. The number of aliphatic hydroxyl groups excluding tert-OH is 1. The molecule has 4 aliphatic rings. The number of alkyl halides is 12. The average Bonchev–Trinajstić information content (AvgIpc) is 1.67. The van der Waals surface area contributed by atoms with Crippen molar-refractivity contribution in [3.05, 3.63) is 257 Å². The van der Waals surface area contributed by atoms with Crippen molar-refractivity contribution in [2.24, 2.45) is 0 Å². The van der Waals surface area contributed by atoms with Gasteiger partial charge in [0.25, 0.3) is 0 Å². The first-order valence-corrected chi connectivity index (χ1v) is 46.0. The minimum atomic E-state index is -4.93. The lowest BCUT2D eigenvalue weighted by atomic mass is 9.88. The number of esters is 3. The molecule has 0 radical (unpaired) electrons. The predicted octanol–water partition coefficient (Wildman–Crippen LogP) is 21.7. The summed E-state index contributed by atoms with van der Waals surface area (Å²) in [5, 5.41) is 60.0. The SMILES string of the molecule is CN(C)c1ccn(-c2ccc(C(F)(F)F)c(C(OC(C)(C)C)C(=O)O)c2-c2ccc3c(c2)CCCO3)n1.COC(=O)C(O)c1c(C(F)(F)F)ccc(-n2ccc([N+](=O)[O-])n2)c1-c1ccc2c(c1)CCCO2.COC(=O)C(OC(C)(C)C)c1c(C(F)(F)F)ccc(-n2ccc(N(C)C)n2)c1-c1ccc2c(c1)CCCO2.COC(=O)C(OC(C)(C)C)c1c(C(F)(F)F)ccc(-n2ccc([N+](=O)[O-])n2)c1-c1ccc2c(c1)CCCO2. The molecule has 147 heavy (non-hydrogen) atoms. The van der Waals surface area contributed by atoms with Crippen LogP contribution in [-0.2, 0) is 98.0 Å². The maximum Gasteiger partial charge on any atom is 0.416 e. The number of aliphatic hydroxyl groups is 1. The molecule has 8 aromatic carbocycles. The molecule has 0 fully saturated rings. The Balaban J connectivity index is 0.000000164. The molecule has 12 aromatic rings. The number of halogens is 12. The molecule has 2 N–H and O–H groups in total. The Hall–Kier alpha value is -14.9. The number of anilines is 2. The van der Waals surface area contributed by atoms with Gasteiger partial charge in [-0.3, -0.25) is 0 Å². The number of hydrogen-bond donors (Lipinski definition) is 2. The minimum absolute atomic E-state index is 0.00395. The van der Waals surface area contributed by atoms with Crippen LogP contribution in [0.5, 0.6) is 23.0 Å². The van der Waals surface area contributed by atoms with Gasteiger partial charge in [-0.05, 0) is 265 Å². The van der Waals surface area contributed by atoms with E-state index in [1.807, 2.05) is 20.2 Å². The maximum atomic E-state index is 14.6. The number of benzene rings is 8. The number of methoxy groups -OCH3 is 3. The summed E-state index contributed by atoms with van der Waals surface area (Å²) < 4.78 is 232. The van der Waals surface area contributed by atoms with Crippen LogP contribution in [0, 0.1) is 20.2 Å². The maximum absolute atomic E-state index is 14.6. The van der Waals surface area contributed by atoms with Crippen LogP contribution in [-0.4, -0.2) is 176 Å². The lowest BCUT2D eigenvalue weighted by Crippen LogP contribution is -2.30. The van der Waals surface area contributed by atoms with Gasteiger partial charge in [0.05, 0.1) is 144 Å². The summed E-state index contributed by atoms with van der Waals surface area (Å²) in [6.07, 6.45) is -15.5. The van der Waals surface area contributed by atoms with Gasteiger partial charge < -0.3 is 87.6 Å². The number of nitro groups is 2. The van der Waals surface area contributed by atoms with Gasteiger partial charge >= 0.3 is 60.2 Å². The molecular weight excluding hydrogens is 1950 g/mol. The number of fused-ring (bicyclic) bond motifs is 4. The number of rotatable bonds is 23. The highest BCUT2D eigenvalue weighted by molar-refractivity contribution is 5.91. The van der Waals surface area contributed by atoms with E-state index >= 15 is 0 Å². The molecule has 0 bridgehead atoms. The van der Waals surface area contributed by atoms with Gasteiger partial charge in [-0.15, -0.1) is 9.36 Å². The number of carboxylic acid groups (broad SMARTS) is 1. The number of aliphatic carboxylic acids is 1. The van der Waals surface area contributed by atoms with Crippen molar-refractivity contribution < 1.29 is 139 Å². The Morgan fingerprint density at radius 3 is 0.857 bits per heavy atom. The van der Waals surface area contributed by atoms with Crippen molar-refractivity contribution in [1.82, 2.24) is 39.1 Å². The van der Waals surface area contributed by atoms with Gasteiger partial charge in [0.2, 0.25) is 0 Å². The van der Waals surface area contributed by atoms with Crippen molar-refractivity contribution in [3.63, 3.8) is 0 Å². The number of carbonyl (C=O) groups is 4. The summed E-state index contributed by atoms with van der Waals surface area (Å²) in [4.78, 5) is 75.2. The zero-order valence-corrected chi connectivity index (χ0v) is 82.6. The molecule has 44 heteroatoms. The van der Waals surface area contributed by atoms with Crippen molar-refractivity contribution in [2.75, 3.05) is 85.7 Å². The fraction of sp³-hybridized carbons (Fsp3) is 0.379. The number of hydrogen-bond acceptors (Lipinski definition) is 25. The van der Waals surface area contributed by atoms with Crippen molar-refractivity contribution in [2.45, 2.75) is 180 Å². The Morgan fingerprint density at radius 1 is 0.367 bits per heavy atom. The third kappa shape index (κ3) is 25.3. The van der Waals surface area contributed by atoms with E-state index in [0.29, 0.717) is 121 Å². The first-order chi connectivity index (χ1) is 69.0. The first kappa shape index (κ1) is 109. The zero-order valence-electron chi connectivity index (χ0n) is 82.6. The smallest absolute Gasteiger partial charge is 0.416 e. The number of carbonyl (C=O) groups excluding carboxylic acids is 3. The molecule has 782 valence electrons. The molecular formula is C103H106F12N12O20. The summed E-state index contributed by atoms with van der Waals surface area (Å²) in [5.41, 5.74) is -3.91. The van der Waals surface area contributed by atoms with Crippen molar-refractivity contribution in [1.29, 1.82) is 0 Å². The summed E-state index contributed by atoms with van der Waals surface area (Å²) in [6.45, 7) is 16.8. The molecule has 32 nitrogen and oxygen atoms in total. The second-order valence-corrected chi connectivity index (χ2v) is 37.7. The standard InChI is InChI=1S/C28H32F3N3O4.C27H30F3N3O4.C26H26F3N3O6.C22H18F3N3O6/c1-27(2,3)38-25(26(35)36-6)24-19(28(29,30)31)10-11-20(34-14-13-22(32-34)33(4)5)23(24)18-9-12-21-17(16-18)8-7-15-37-21;1-26(2,3)37-24(25(34)35)23-18(27(28,29)30)9-10-19(33-13-12-21(31-33)32(4)5)22(23)17-8-11-20-16(15-17)7-6-14-36-20;1-25(2,3)38-23(24(33)36-4)22-17(26(27,28)29)8-9-18(31-12-11-20(30-31)32(34)35)21(22)16-7-10-19-15(14-16)6-5-13-37-19;1-33-21(30)20(29)19-14(22(23,24)25)5-6-15(27-9-8-17(26-27)28(31)32)18(19)13-4-7-16-12(11-13)3-2-10-34-16/h9-14,16,25H,7-8,15H2,1-6H3;8-13,15,24H,6-7,14H2,1-5H3,(H,34,35);7-12,14,23H,5-6,13H2,1-4H3;4-9,11,20,29H,2-3,10H2,1H3. The van der Waals surface area contributed by atoms with Crippen LogP contribution in [0.1, 0.15) is 179 Å². The summed E-state index contributed by atoms with van der Waals surface area (Å²) in [6, 6.07) is 34.0. The second-order valence-electron chi connectivity index (χ2n) is 37.7. The number of ether oxygens (including phenoxy) is 10. The van der Waals surface area contributed by atoms with Crippen LogP contribution in [0.4, 0.5) is 76.0 Å². The van der Waals surface area contributed by atoms with Gasteiger partial charge in [-0.2, -0.15) is 62.9 Å². The van der Waals surface area contributed by atoms with E-state index in [1.54, 1.807) is 171 Å². The zero-order chi connectivity index (χ0) is 107. The quantitative estimate of drug-likeness (QED) is 0.0197. The number of aryl methyl sites for hydroxylation is 4.